The van der Waals surface area contributed by atoms with Crippen molar-refractivity contribution in [3.63, 3.8) is 0 Å². The molecular formula is C23H26N4O. The Labute approximate surface area is 165 Å². The number of nitrogens with zero attached hydrogens (tertiary/aromatic N) is 2. The summed E-state index contributed by atoms with van der Waals surface area (Å²) >= 11 is 0. The highest BCUT2D eigenvalue weighted by atomic mass is 16.1. The van der Waals surface area contributed by atoms with Crippen LogP contribution in [0.3, 0.4) is 0 Å². The molecule has 0 aliphatic heterocycles. The summed E-state index contributed by atoms with van der Waals surface area (Å²) in [6.07, 6.45) is 5.62. The lowest BCUT2D eigenvalue weighted by Gasteiger charge is -2.39. The lowest BCUT2D eigenvalue weighted by Crippen LogP contribution is -2.58. The van der Waals surface area contributed by atoms with E-state index in [2.05, 4.69) is 29.5 Å². The van der Waals surface area contributed by atoms with Crippen molar-refractivity contribution in [2.24, 2.45) is 0 Å². The van der Waals surface area contributed by atoms with Crippen LogP contribution in [0.15, 0.2) is 48.8 Å². The van der Waals surface area contributed by atoms with Gasteiger partial charge in [0, 0.05) is 41.5 Å². The lowest BCUT2D eigenvalue weighted by atomic mass is 9.85. The normalized spacial score (nSPS) is 18.9. The average Bonchev–Trinajstić information content (AvgIpc) is 2.69. The summed E-state index contributed by atoms with van der Waals surface area (Å²) in [4.78, 5) is 22.2. The van der Waals surface area contributed by atoms with E-state index in [1.165, 1.54) is 0 Å². The van der Waals surface area contributed by atoms with E-state index in [0.717, 1.165) is 40.6 Å². The predicted molar refractivity (Wildman–Crippen MR) is 112 cm³/mol. The van der Waals surface area contributed by atoms with Crippen LogP contribution in [0, 0.1) is 6.92 Å². The maximum absolute atomic E-state index is 13.2. The summed E-state index contributed by atoms with van der Waals surface area (Å²) in [6, 6.07) is 12.7. The van der Waals surface area contributed by atoms with Crippen LogP contribution >= 0.6 is 0 Å². The van der Waals surface area contributed by atoms with Crippen molar-refractivity contribution in [2.75, 3.05) is 0 Å². The number of amides is 1. The first-order valence-corrected chi connectivity index (χ1v) is 9.90. The van der Waals surface area contributed by atoms with Crippen LogP contribution in [0.4, 0.5) is 0 Å². The van der Waals surface area contributed by atoms with E-state index in [-0.39, 0.29) is 11.9 Å². The van der Waals surface area contributed by atoms with E-state index in [1.807, 2.05) is 43.3 Å². The van der Waals surface area contributed by atoms with Gasteiger partial charge in [-0.2, -0.15) is 0 Å². The fraction of sp³-hybridized carbons (Fsp3) is 0.348. The molecule has 2 N–H and O–H groups in total. The van der Waals surface area contributed by atoms with Gasteiger partial charge in [0.2, 0.25) is 0 Å². The highest BCUT2D eigenvalue weighted by Crippen LogP contribution is 2.27. The predicted octanol–water partition coefficient (Wildman–Crippen LogP) is 3.86. The fourth-order valence-electron chi connectivity index (χ4n) is 3.74. The number of benzene rings is 1. The maximum atomic E-state index is 13.2. The molecule has 2 aromatic heterocycles. The standard InChI is InChI=1S/C23H26N4O/c1-14(2)25-20-8-9-21(20)27-23(28)18-12-22(16-5-4-10-24-13-16)26-19-7-6-15(3)11-17(18)19/h4-7,10-14,20-21,25H,8-9H2,1-3H3,(H,27,28)/t20-,21+/m1/s1. The Hall–Kier alpha value is -2.79. The number of aromatic nitrogens is 2. The van der Waals surface area contributed by atoms with Crippen molar-refractivity contribution in [3.8, 4) is 11.3 Å². The van der Waals surface area contributed by atoms with Gasteiger partial charge >= 0.3 is 0 Å². The molecule has 4 rings (SSSR count). The van der Waals surface area contributed by atoms with E-state index in [9.17, 15) is 4.79 Å². The third-order valence-corrected chi connectivity index (χ3v) is 5.30. The summed E-state index contributed by atoms with van der Waals surface area (Å²) in [7, 11) is 0. The van der Waals surface area contributed by atoms with Gasteiger partial charge < -0.3 is 10.6 Å². The molecular weight excluding hydrogens is 348 g/mol. The molecule has 1 amide bonds. The Balaban J connectivity index is 1.70. The SMILES string of the molecule is Cc1ccc2nc(-c3cccnc3)cc(C(=O)N[C@H]3CC[C@H]3NC(C)C)c2c1. The number of pyridine rings is 2. The van der Waals surface area contributed by atoms with Crippen molar-refractivity contribution >= 4 is 16.8 Å². The molecule has 5 nitrogen and oxygen atoms in total. The zero-order valence-corrected chi connectivity index (χ0v) is 16.6. The molecule has 144 valence electrons. The van der Waals surface area contributed by atoms with Crippen molar-refractivity contribution < 1.29 is 4.79 Å². The molecule has 0 bridgehead atoms. The molecule has 0 radical (unpaired) electrons. The molecule has 0 spiro atoms. The first-order chi connectivity index (χ1) is 13.5. The molecule has 2 heterocycles. The number of rotatable bonds is 5. The molecule has 1 aromatic carbocycles. The second-order valence-corrected chi connectivity index (χ2v) is 7.90. The van der Waals surface area contributed by atoms with Gasteiger partial charge in [-0.1, -0.05) is 25.5 Å². The number of carbonyl (C=O) groups is 1. The second-order valence-electron chi connectivity index (χ2n) is 7.90. The topological polar surface area (TPSA) is 66.9 Å². The van der Waals surface area contributed by atoms with Crippen molar-refractivity contribution in [2.45, 2.75) is 51.7 Å². The molecule has 0 saturated heterocycles. The van der Waals surface area contributed by atoms with Gasteiger partial charge in [0.15, 0.2) is 0 Å². The monoisotopic (exact) mass is 374 g/mol. The van der Waals surface area contributed by atoms with Crippen molar-refractivity contribution in [3.05, 3.63) is 59.9 Å². The van der Waals surface area contributed by atoms with Gasteiger partial charge in [-0.15, -0.1) is 0 Å². The largest absolute Gasteiger partial charge is 0.348 e. The highest BCUT2D eigenvalue weighted by molar-refractivity contribution is 6.07. The summed E-state index contributed by atoms with van der Waals surface area (Å²) in [5.74, 6) is -0.0385. The number of hydrogen-bond acceptors (Lipinski definition) is 4. The van der Waals surface area contributed by atoms with Gasteiger partial charge in [0.05, 0.1) is 16.8 Å². The number of carbonyl (C=O) groups excluding carboxylic acids is 1. The van der Waals surface area contributed by atoms with Gasteiger partial charge in [-0.25, -0.2) is 4.98 Å². The van der Waals surface area contributed by atoms with Crippen molar-refractivity contribution in [1.29, 1.82) is 0 Å². The molecule has 28 heavy (non-hydrogen) atoms. The molecule has 1 fully saturated rings. The molecule has 1 aliphatic carbocycles. The molecule has 1 aliphatic rings. The number of nitrogens with one attached hydrogen (secondary N) is 2. The van der Waals surface area contributed by atoms with E-state index in [4.69, 9.17) is 4.98 Å². The van der Waals surface area contributed by atoms with Gasteiger partial charge in [-0.3, -0.25) is 9.78 Å². The third kappa shape index (κ3) is 3.76. The Morgan fingerprint density at radius 3 is 2.64 bits per heavy atom. The van der Waals surface area contributed by atoms with Crippen LogP contribution in [0.1, 0.15) is 42.6 Å². The van der Waals surface area contributed by atoms with E-state index in [1.54, 1.807) is 12.4 Å². The molecule has 0 unspecified atom stereocenters. The first-order valence-electron chi connectivity index (χ1n) is 9.90. The molecule has 2 atom stereocenters. The Morgan fingerprint density at radius 2 is 1.96 bits per heavy atom. The van der Waals surface area contributed by atoms with Crippen LogP contribution in [0.2, 0.25) is 0 Å². The van der Waals surface area contributed by atoms with Crippen LogP contribution in [-0.2, 0) is 0 Å². The first kappa shape index (κ1) is 18.6. The fourth-order valence-corrected chi connectivity index (χ4v) is 3.74. The van der Waals surface area contributed by atoms with Crippen LogP contribution in [-0.4, -0.2) is 34.0 Å². The minimum absolute atomic E-state index is 0.0385. The van der Waals surface area contributed by atoms with E-state index < -0.39 is 0 Å². The third-order valence-electron chi connectivity index (χ3n) is 5.30. The zero-order valence-electron chi connectivity index (χ0n) is 16.6. The smallest absolute Gasteiger partial charge is 0.252 e. The van der Waals surface area contributed by atoms with Crippen LogP contribution in [0.25, 0.3) is 22.2 Å². The molecule has 3 aromatic rings. The quantitative estimate of drug-likeness (QED) is 0.712. The number of fused-ring (bicyclic) bond motifs is 1. The van der Waals surface area contributed by atoms with E-state index in [0.29, 0.717) is 17.6 Å². The zero-order chi connectivity index (χ0) is 19.7. The van der Waals surface area contributed by atoms with Gasteiger partial charge in [0.1, 0.15) is 0 Å². The van der Waals surface area contributed by atoms with Gasteiger partial charge in [0.25, 0.3) is 5.91 Å². The molecule has 1 saturated carbocycles. The average molecular weight is 374 g/mol. The summed E-state index contributed by atoms with van der Waals surface area (Å²) in [6.45, 7) is 6.30. The van der Waals surface area contributed by atoms with Crippen molar-refractivity contribution in [1.82, 2.24) is 20.6 Å². The Morgan fingerprint density at radius 1 is 1.14 bits per heavy atom. The Bertz CT molecular complexity index is 1000. The minimum Gasteiger partial charge on any atom is -0.348 e. The van der Waals surface area contributed by atoms with E-state index >= 15 is 0 Å². The lowest BCUT2D eigenvalue weighted by molar-refractivity contribution is 0.0892. The summed E-state index contributed by atoms with van der Waals surface area (Å²) in [5.41, 5.74) is 4.27. The maximum Gasteiger partial charge on any atom is 0.252 e. The second kappa shape index (κ2) is 7.68. The van der Waals surface area contributed by atoms with Crippen LogP contribution < -0.4 is 10.6 Å². The highest BCUT2D eigenvalue weighted by Gasteiger charge is 2.32. The summed E-state index contributed by atoms with van der Waals surface area (Å²) < 4.78 is 0. The molecule has 5 heteroatoms. The summed E-state index contributed by atoms with van der Waals surface area (Å²) in [5, 5.41) is 7.65. The van der Waals surface area contributed by atoms with Crippen LogP contribution in [0.5, 0.6) is 0 Å². The number of hydrogen-bond donors (Lipinski definition) is 2. The van der Waals surface area contributed by atoms with Gasteiger partial charge in [-0.05, 0) is 50.1 Å². The number of aryl methyl sites for hydroxylation is 1. The Kier molecular flexibility index (Phi) is 5.09. The minimum atomic E-state index is -0.0385.